The third-order valence-electron chi connectivity index (χ3n) is 3.47. The number of ether oxygens (including phenoxy) is 1. The standard InChI is InChI=1S/C11H16N3O5Se/c1-5-2-14(10(20)13-9(5)18)11(4-12)8(17)7(16)6(3-15)19-11/h2,6-8,15-17H,3-4,12H2,1H3/t6-,7-,8-,11-/m1/s1. The molecule has 1 aromatic heterocycles. The van der Waals surface area contributed by atoms with Crippen LogP contribution >= 0.6 is 0 Å². The van der Waals surface area contributed by atoms with E-state index in [1.165, 1.54) is 10.8 Å². The average molecular weight is 349 g/mol. The summed E-state index contributed by atoms with van der Waals surface area (Å²) in [6, 6.07) is 0. The molecule has 0 unspecified atom stereocenters. The molecule has 9 heteroatoms. The molecule has 8 nitrogen and oxygen atoms in total. The van der Waals surface area contributed by atoms with Crippen molar-refractivity contribution in [1.29, 1.82) is 0 Å². The van der Waals surface area contributed by atoms with Gasteiger partial charge in [0.2, 0.25) is 0 Å². The van der Waals surface area contributed by atoms with Crippen LogP contribution in [0, 0.1) is 6.92 Å². The first-order valence-corrected chi connectivity index (χ1v) is 6.85. The van der Waals surface area contributed by atoms with Gasteiger partial charge in [0.05, 0.1) is 0 Å². The molecule has 111 valence electrons. The van der Waals surface area contributed by atoms with Gasteiger partial charge in [0, 0.05) is 0 Å². The molecular weight excluding hydrogens is 333 g/mol. The number of hydrogen-bond acceptors (Lipinski definition) is 7. The van der Waals surface area contributed by atoms with Gasteiger partial charge in [-0.3, -0.25) is 0 Å². The fraction of sp³-hybridized carbons (Fsp3) is 0.636. The van der Waals surface area contributed by atoms with Gasteiger partial charge in [0.1, 0.15) is 0 Å². The van der Waals surface area contributed by atoms with E-state index in [9.17, 15) is 20.1 Å². The topological polar surface area (TPSA) is 131 Å². The molecule has 0 saturated carbocycles. The number of hydrogen-bond donors (Lipinski definition) is 4. The van der Waals surface area contributed by atoms with E-state index in [-0.39, 0.29) is 11.3 Å². The molecule has 1 saturated heterocycles. The van der Waals surface area contributed by atoms with Crippen LogP contribution in [0.2, 0.25) is 0 Å². The van der Waals surface area contributed by atoms with Crippen molar-refractivity contribution in [2.24, 2.45) is 5.73 Å². The number of aromatic nitrogens is 2. The molecule has 1 aromatic rings. The zero-order valence-corrected chi connectivity index (χ0v) is 12.5. The molecule has 2 rings (SSSR count). The molecule has 1 fully saturated rings. The van der Waals surface area contributed by atoms with E-state index in [0.29, 0.717) is 5.56 Å². The maximum absolute atomic E-state index is 11.5. The van der Waals surface area contributed by atoms with Crippen molar-refractivity contribution in [1.82, 2.24) is 9.55 Å². The normalized spacial score (nSPS) is 33.5. The Morgan fingerprint density at radius 2 is 2.25 bits per heavy atom. The summed E-state index contributed by atoms with van der Waals surface area (Å²) in [5.74, 6) is 0. The number of aliphatic hydroxyl groups excluding tert-OH is 3. The monoisotopic (exact) mass is 350 g/mol. The van der Waals surface area contributed by atoms with Crippen LogP contribution in [0.3, 0.4) is 0 Å². The van der Waals surface area contributed by atoms with Gasteiger partial charge in [0.15, 0.2) is 0 Å². The van der Waals surface area contributed by atoms with E-state index >= 15 is 0 Å². The molecule has 0 amide bonds. The van der Waals surface area contributed by atoms with Gasteiger partial charge >= 0.3 is 122 Å². The molecule has 20 heavy (non-hydrogen) atoms. The fourth-order valence-electron chi connectivity index (χ4n) is 2.29. The van der Waals surface area contributed by atoms with Crippen molar-refractivity contribution in [2.75, 3.05) is 13.2 Å². The Kier molecular flexibility index (Phi) is 4.31. The number of rotatable bonds is 3. The fourth-order valence-corrected chi connectivity index (χ4v) is 2.90. The molecule has 5 N–H and O–H groups in total. The van der Waals surface area contributed by atoms with Gasteiger partial charge in [-0.05, 0) is 0 Å². The Labute approximate surface area is 123 Å². The van der Waals surface area contributed by atoms with E-state index in [1.807, 2.05) is 0 Å². The molecule has 4 atom stereocenters. The molecular formula is C11H16N3O5Se. The SMILES string of the molecule is Cc1cn([C@]2(CN)O[C@H](CO)[C@@H](O)[C@H]2O)c([Se])nc1=O. The summed E-state index contributed by atoms with van der Waals surface area (Å²) >= 11 is 2.60. The molecule has 0 aliphatic carbocycles. The predicted octanol–water partition coefficient (Wildman–Crippen LogP) is -3.93. The minimum atomic E-state index is -1.49. The summed E-state index contributed by atoms with van der Waals surface area (Å²) in [6.07, 6.45) is -2.17. The number of nitrogens with zero attached hydrogens (tertiary/aromatic N) is 2. The van der Waals surface area contributed by atoms with Gasteiger partial charge in [-0.25, -0.2) is 0 Å². The van der Waals surface area contributed by atoms with E-state index in [2.05, 4.69) is 21.0 Å². The number of nitrogens with two attached hydrogens (primary N) is 1. The number of aryl methyl sites for hydroxylation is 1. The third-order valence-corrected chi connectivity index (χ3v) is 4.07. The van der Waals surface area contributed by atoms with E-state index < -0.39 is 36.2 Å². The van der Waals surface area contributed by atoms with Crippen molar-refractivity contribution in [3.8, 4) is 0 Å². The molecule has 0 bridgehead atoms. The van der Waals surface area contributed by atoms with Gasteiger partial charge < -0.3 is 0 Å². The minimum absolute atomic E-state index is 0.166. The van der Waals surface area contributed by atoms with E-state index in [0.717, 1.165) is 0 Å². The van der Waals surface area contributed by atoms with Gasteiger partial charge in [-0.15, -0.1) is 0 Å². The zero-order valence-electron chi connectivity index (χ0n) is 10.8. The molecule has 0 aromatic carbocycles. The predicted molar refractivity (Wildman–Crippen MR) is 69.6 cm³/mol. The second-order valence-corrected chi connectivity index (χ2v) is 5.47. The summed E-state index contributed by atoms with van der Waals surface area (Å²) in [6.45, 7) is 0.937. The molecule has 1 radical (unpaired) electrons. The van der Waals surface area contributed by atoms with Crippen LogP contribution in [-0.4, -0.2) is 72.3 Å². The van der Waals surface area contributed by atoms with Crippen molar-refractivity contribution < 1.29 is 20.1 Å². The second-order valence-electron chi connectivity index (χ2n) is 4.70. The second kappa shape index (κ2) is 5.53. The molecule has 1 aliphatic rings. The van der Waals surface area contributed by atoms with Crippen LogP contribution in [0.25, 0.3) is 0 Å². The van der Waals surface area contributed by atoms with Gasteiger partial charge in [-0.2, -0.15) is 0 Å². The van der Waals surface area contributed by atoms with Crippen molar-refractivity contribution in [3.05, 3.63) is 22.1 Å². The Morgan fingerprint density at radius 1 is 1.60 bits per heavy atom. The van der Waals surface area contributed by atoms with Crippen LogP contribution in [0.5, 0.6) is 0 Å². The van der Waals surface area contributed by atoms with E-state index in [1.54, 1.807) is 6.92 Å². The third kappa shape index (κ3) is 2.21. The molecule has 1 aliphatic heterocycles. The first-order chi connectivity index (χ1) is 9.37. The summed E-state index contributed by atoms with van der Waals surface area (Å²) < 4.78 is 7.12. The Morgan fingerprint density at radius 3 is 2.75 bits per heavy atom. The Hall–Kier alpha value is -0.801. The first-order valence-electron chi connectivity index (χ1n) is 6.00. The summed E-state index contributed by atoms with van der Waals surface area (Å²) in [5, 5.41) is 29.3. The van der Waals surface area contributed by atoms with Gasteiger partial charge in [0.25, 0.3) is 0 Å². The van der Waals surface area contributed by atoms with Crippen LogP contribution in [0.1, 0.15) is 5.56 Å². The van der Waals surface area contributed by atoms with Crippen molar-refractivity contribution >= 4 is 20.7 Å². The summed E-state index contributed by atoms with van der Waals surface area (Å²) in [7, 11) is 0. The quantitative estimate of drug-likeness (QED) is 0.410. The van der Waals surface area contributed by atoms with Crippen molar-refractivity contribution in [3.63, 3.8) is 0 Å². The van der Waals surface area contributed by atoms with Crippen LogP contribution < -0.4 is 16.0 Å². The van der Waals surface area contributed by atoms with E-state index in [4.69, 9.17) is 10.5 Å². The molecule has 2 heterocycles. The average Bonchev–Trinajstić information content (AvgIpc) is 2.68. The summed E-state index contributed by atoms with van der Waals surface area (Å²) in [4.78, 5) is 15.3. The first kappa shape index (κ1) is 15.6. The zero-order chi connectivity index (χ0) is 15.1. The maximum atomic E-state index is 11.5. The number of aliphatic hydroxyl groups is 3. The summed E-state index contributed by atoms with van der Waals surface area (Å²) in [5.41, 5.74) is 4.16. The van der Waals surface area contributed by atoms with Crippen molar-refractivity contribution in [2.45, 2.75) is 31.0 Å². The Balaban J connectivity index is 2.58. The Bertz CT molecular complexity index is 565. The van der Waals surface area contributed by atoms with Crippen LogP contribution in [0.15, 0.2) is 11.0 Å². The molecule has 0 spiro atoms. The van der Waals surface area contributed by atoms with Gasteiger partial charge in [-0.1, -0.05) is 0 Å². The van der Waals surface area contributed by atoms with Crippen LogP contribution in [0.4, 0.5) is 0 Å². The van der Waals surface area contributed by atoms with Crippen LogP contribution in [-0.2, 0) is 10.5 Å².